The zero-order valence-electron chi connectivity index (χ0n) is 11.0. The van der Waals surface area contributed by atoms with Gasteiger partial charge in [-0.3, -0.25) is 4.72 Å². The number of pyridine rings is 1. The molecular weight excluding hydrogens is 276 g/mol. The predicted octanol–water partition coefficient (Wildman–Crippen LogP) is 1.73. The zero-order valence-corrected chi connectivity index (χ0v) is 11.8. The quantitative estimate of drug-likeness (QED) is 0.576. The van der Waals surface area contributed by atoms with Gasteiger partial charge >= 0.3 is 0 Å². The van der Waals surface area contributed by atoms with Crippen LogP contribution in [-0.2, 0) is 16.4 Å². The summed E-state index contributed by atoms with van der Waals surface area (Å²) in [5.41, 5.74) is 3.94. The van der Waals surface area contributed by atoms with Gasteiger partial charge in [0.1, 0.15) is 10.7 Å². The van der Waals surface area contributed by atoms with Crippen molar-refractivity contribution in [1.29, 1.82) is 0 Å². The topological polar surface area (TPSA) is 97.1 Å². The Kier molecular flexibility index (Phi) is 4.21. The molecule has 0 saturated carbocycles. The van der Waals surface area contributed by atoms with Gasteiger partial charge in [-0.2, -0.15) is 0 Å². The molecule has 0 spiro atoms. The normalized spacial score (nSPS) is 11.1. The van der Waals surface area contributed by atoms with Crippen LogP contribution in [0, 0.1) is 0 Å². The van der Waals surface area contributed by atoms with Gasteiger partial charge in [-0.1, -0.05) is 19.1 Å². The molecule has 0 atom stereocenters. The van der Waals surface area contributed by atoms with Crippen LogP contribution in [0.1, 0.15) is 12.5 Å². The van der Waals surface area contributed by atoms with Crippen LogP contribution in [0.25, 0.3) is 0 Å². The molecule has 0 aliphatic heterocycles. The number of nitrogens with zero attached hydrogens (tertiary/aromatic N) is 1. The number of hydrazine groups is 1. The van der Waals surface area contributed by atoms with E-state index in [0.717, 1.165) is 12.0 Å². The molecule has 1 aromatic carbocycles. The smallest absolute Gasteiger partial charge is 0.263 e. The third-order valence-electron chi connectivity index (χ3n) is 2.78. The van der Waals surface area contributed by atoms with Gasteiger partial charge in [-0.05, 0) is 36.2 Å². The molecule has 4 N–H and O–H groups in total. The number of nitrogen functional groups attached to an aromatic ring is 1. The van der Waals surface area contributed by atoms with Crippen LogP contribution in [-0.4, -0.2) is 13.4 Å². The number of hydrogen-bond acceptors (Lipinski definition) is 5. The molecule has 0 aliphatic rings. The second kappa shape index (κ2) is 5.89. The lowest BCUT2D eigenvalue weighted by molar-refractivity contribution is 0.601. The van der Waals surface area contributed by atoms with E-state index in [0.29, 0.717) is 11.5 Å². The maximum atomic E-state index is 12.2. The van der Waals surface area contributed by atoms with Gasteiger partial charge in [-0.15, -0.1) is 0 Å². The summed E-state index contributed by atoms with van der Waals surface area (Å²) in [5, 5.41) is 0. The first-order chi connectivity index (χ1) is 9.55. The van der Waals surface area contributed by atoms with Crippen molar-refractivity contribution in [2.24, 2.45) is 5.84 Å². The number of hydrogen-bond donors (Lipinski definition) is 3. The molecule has 7 heteroatoms. The van der Waals surface area contributed by atoms with Crippen LogP contribution in [0.2, 0.25) is 0 Å². The Morgan fingerprint density at radius 1 is 1.25 bits per heavy atom. The Balaban J connectivity index is 2.25. The monoisotopic (exact) mass is 292 g/mol. The van der Waals surface area contributed by atoms with Crippen molar-refractivity contribution in [3.8, 4) is 0 Å². The van der Waals surface area contributed by atoms with E-state index in [1.54, 1.807) is 12.1 Å². The van der Waals surface area contributed by atoms with Crippen molar-refractivity contribution in [3.63, 3.8) is 0 Å². The van der Waals surface area contributed by atoms with Gasteiger partial charge in [0.2, 0.25) is 0 Å². The highest BCUT2D eigenvalue weighted by atomic mass is 32.2. The summed E-state index contributed by atoms with van der Waals surface area (Å²) < 4.78 is 26.9. The third-order valence-corrected chi connectivity index (χ3v) is 4.15. The number of rotatable bonds is 5. The largest absolute Gasteiger partial charge is 0.308 e. The van der Waals surface area contributed by atoms with Crippen LogP contribution in [0.15, 0.2) is 47.5 Å². The highest BCUT2D eigenvalue weighted by Crippen LogP contribution is 2.17. The van der Waals surface area contributed by atoms with E-state index in [1.807, 2.05) is 19.1 Å². The Morgan fingerprint density at radius 2 is 2.05 bits per heavy atom. The first-order valence-corrected chi connectivity index (χ1v) is 7.58. The summed E-state index contributed by atoms with van der Waals surface area (Å²) in [7, 11) is -3.64. The third kappa shape index (κ3) is 3.25. The van der Waals surface area contributed by atoms with Gasteiger partial charge in [0.05, 0.1) is 0 Å². The molecule has 106 valence electrons. The van der Waals surface area contributed by atoms with E-state index in [4.69, 9.17) is 5.84 Å². The lowest BCUT2D eigenvalue weighted by atomic mass is 10.1. The summed E-state index contributed by atoms with van der Waals surface area (Å²) in [6, 6.07) is 10.2. The van der Waals surface area contributed by atoms with E-state index in [1.165, 1.54) is 18.3 Å². The van der Waals surface area contributed by atoms with Gasteiger partial charge < -0.3 is 5.43 Å². The van der Waals surface area contributed by atoms with Crippen molar-refractivity contribution in [2.75, 3.05) is 10.1 Å². The number of nitrogens with two attached hydrogens (primary N) is 1. The van der Waals surface area contributed by atoms with Crippen LogP contribution in [0.5, 0.6) is 0 Å². The minimum absolute atomic E-state index is 0.0819. The molecule has 1 heterocycles. The van der Waals surface area contributed by atoms with Gasteiger partial charge in [0.15, 0.2) is 0 Å². The fourth-order valence-corrected chi connectivity index (χ4v) is 2.69. The summed E-state index contributed by atoms with van der Waals surface area (Å²) in [4.78, 5) is 3.97. The average Bonchev–Trinajstić information content (AvgIpc) is 2.47. The summed E-state index contributed by atoms with van der Waals surface area (Å²) in [6.07, 6.45) is 2.09. The van der Waals surface area contributed by atoms with E-state index in [2.05, 4.69) is 15.1 Å². The number of sulfonamides is 1. The molecule has 6 nitrogen and oxygen atoms in total. The average molecular weight is 292 g/mol. The van der Waals surface area contributed by atoms with Crippen molar-refractivity contribution in [3.05, 3.63) is 48.2 Å². The molecular formula is C13H16N4O2S. The fourth-order valence-electron chi connectivity index (χ4n) is 1.69. The first kappa shape index (κ1) is 14.3. The second-order valence-corrected chi connectivity index (χ2v) is 5.87. The second-order valence-electron chi connectivity index (χ2n) is 4.18. The van der Waals surface area contributed by atoms with E-state index in [-0.39, 0.29) is 4.90 Å². The number of benzene rings is 1. The number of aryl methyl sites for hydroxylation is 1. The highest BCUT2D eigenvalue weighted by molar-refractivity contribution is 7.92. The fraction of sp³-hybridized carbons (Fsp3) is 0.154. The van der Waals surface area contributed by atoms with Crippen LogP contribution in [0.3, 0.4) is 0 Å². The highest BCUT2D eigenvalue weighted by Gasteiger charge is 2.14. The first-order valence-electron chi connectivity index (χ1n) is 6.09. The van der Waals surface area contributed by atoms with E-state index >= 15 is 0 Å². The van der Waals surface area contributed by atoms with Crippen molar-refractivity contribution >= 4 is 21.5 Å². The zero-order chi connectivity index (χ0) is 14.6. The van der Waals surface area contributed by atoms with Crippen molar-refractivity contribution in [2.45, 2.75) is 18.2 Å². The molecule has 0 aliphatic carbocycles. The SMILES string of the molecule is CCc1cccc(NS(=O)(=O)c2ccc(NN)nc2)c1. The Morgan fingerprint density at radius 3 is 2.65 bits per heavy atom. The molecule has 2 rings (SSSR count). The molecule has 1 aromatic heterocycles. The molecule has 0 unspecified atom stereocenters. The lowest BCUT2D eigenvalue weighted by Crippen LogP contribution is -2.14. The molecule has 2 aromatic rings. The van der Waals surface area contributed by atoms with Gasteiger partial charge in [0, 0.05) is 11.9 Å². The molecule has 0 saturated heterocycles. The summed E-state index contributed by atoms with van der Waals surface area (Å²) >= 11 is 0. The number of nitrogens with one attached hydrogen (secondary N) is 2. The minimum Gasteiger partial charge on any atom is -0.308 e. The lowest BCUT2D eigenvalue weighted by Gasteiger charge is -2.09. The Bertz CT molecular complexity index is 684. The predicted molar refractivity (Wildman–Crippen MR) is 78.7 cm³/mol. The molecule has 20 heavy (non-hydrogen) atoms. The maximum absolute atomic E-state index is 12.2. The summed E-state index contributed by atoms with van der Waals surface area (Å²) in [6.45, 7) is 2.01. The molecule has 0 amide bonds. The Labute approximate surface area is 118 Å². The number of anilines is 2. The van der Waals surface area contributed by atoms with Gasteiger partial charge in [0.25, 0.3) is 10.0 Å². The summed E-state index contributed by atoms with van der Waals surface area (Å²) in [5.74, 6) is 5.59. The van der Waals surface area contributed by atoms with E-state index < -0.39 is 10.0 Å². The van der Waals surface area contributed by atoms with Crippen LogP contribution in [0.4, 0.5) is 11.5 Å². The van der Waals surface area contributed by atoms with Crippen molar-refractivity contribution in [1.82, 2.24) is 4.98 Å². The van der Waals surface area contributed by atoms with Crippen LogP contribution < -0.4 is 16.0 Å². The molecule has 0 fully saturated rings. The van der Waals surface area contributed by atoms with Gasteiger partial charge in [-0.25, -0.2) is 19.2 Å². The number of aromatic nitrogens is 1. The standard InChI is InChI=1S/C13H16N4O2S/c1-2-10-4-3-5-11(8-10)17-20(18,19)12-6-7-13(16-14)15-9-12/h3-9,17H,2,14H2,1H3,(H,15,16). The maximum Gasteiger partial charge on any atom is 0.263 e. The van der Waals surface area contributed by atoms with E-state index in [9.17, 15) is 8.42 Å². The molecule has 0 radical (unpaired) electrons. The molecule has 0 bridgehead atoms. The van der Waals surface area contributed by atoms with Crippen LogP contribution >= 0.6 is 0 Å². The Hall–Kier alpha value is -2.12. The van der Waals surface area contributed by atoms with Crippen molar-refractivity contribution < 1.29 is 8.42 Å². The minimum atomic E-state index is -3.64.